The molecule has 0 bridgehead atoms. The van der Waals surface area contributed by atoms with Crippen LogP contribution in [0, 0.1) is 5.92 Å². The molecule has 1 spiro atoms. The number of methoxy groups -OCH3 is 2. The standard InChI is InChI=1S/C22H28ClNO7/c1-11(2)30-10-14(25)9-24-13-6-12(3)22(17(26)7-13)21(27)18-15(28-4)8-16(29-5)19(23)20(18)31-22/h7-8,11-12,14,24-25H,6,9-10H2,1-5H3/t12-,14+,22+/m1/s1. The molecule has 1 aliphatic heterocycles. The second kappa shape index (κ2) is 9.06. The van der Waals surface area contributed by atoms with Crippen LogP contribution in [-0.4, -0.2) is 61.9 Å². The van der Waals surface area contributed by atoms with Gasteiger partial charge in [0.1, 0.15) is 22.1 Å². The number of carbonyl (C=O) groups is 2. The molecule has 8 nitrogen and oxygen atoms in total. The van der Waals surface area contributed by atoms with Crippen molar-refractivity contribution in [3.8, 4) is 17.2 Å². The lowest BCUT2D eigenvalue weighted by Crippen LogP contribution is -2.55. The SMILES string of the molecule is COc1cc(OC)c2c(c1Cl)O[C@@]1(C(=O)C=C(NC[C@H](O)COC(C)C)C[C@H]1C)C2=O. The Morgan fingerprint density at radius 3 is 2.55 bits per heavy atom. The average molecular weight is 454 g/mol. The van der Waals surface area contributed by atoms with Gasteiger partial charge in [0.2, 0.25) is 17.2 Å². The van der Waals surface area contributed by atoms with Crippen LogP contribution < -0.4 is 19.5 Å². The predicted octanol–water partition coefficient (Wildman–Crippen LogP) is 2.54. The number of allylic oxidation sites excluding steroid dienone is 1. The zero-order chi connectivity index (χ0) is 22.9. The van der Waals surface area contributed by atoms with Gasteiger partial charge in [-0.25, -0.2) is 0 Å². The highest BCUT2D eigenvalue weighted by molar-refractivity contribution is 6.36. The molecule has 170 valence electrons. The normalized spacial score (nSPS) is 23.5. The molecule has 9 heteroatoms. The summed E-state index contributed by atoms with van der Waals surface area (Å²) in [5.41, 5.74) is -0.954. The van der Waals surface area contributed by atoms with Gasteiger partial charge >= 0.3 is 0 Å². The van der Waals surface area contributed by atoms with Gasteiger partial charge in [0.05, 0.1) is 33.0 Å². The van der Waals surface area contributed by atoms with Crippen LogP contribution in [0.25, 0.3) is 0 Å². The molecule has 1 heterocycles. The molecular formula is C22H28ClNO7. The van der Waals surface area contributed by atoms with Gasteiger partial charge in [0.15, 0.2) is 5.75 Å². The lowest BCUT2D eigenvalue weighted by atomic mass is 9.74. The van der Waals surface area contributed by atoms with E-state index < -0.39 is 29.2 Å². The third kappa shape index (κ3) is 4.12. The van der Waals surface area contributed by atoms with Crippen molar-refractivity contribution in [2.24, 2.45) is 5.92 Å². The van der Waals surface area contributed by atoms with Gasteiger partial charge in [-0.15, -0.1) is 0 Å². The van der Waals surface area contributed by atoms with Gasteiger partial charge in [-0.3, -0.25) is 9.59 Å². The first kappa shape index (κ1) is 23.4. The van der Waals surface area contributed by atoms with Crippen LogP contribution in [0.4, 0.5) is 0 Å². The molecular weight excluding hydrogens is 426 g/mol. The number of ketones is 2. The van der Waals surface area contributed by atoms with Crippen molar-refractivity contribution in [1.82, 2.24) is 5.32 Å². The summed E-state index contributed by atoms with van der Waals surface area (Å²) in [6.45, 7) is 5.94. The molecule has 3 atom stereocenters. The van der Waals surface area contributed by atoms with E-state index in [1.54, 1.807) is 6.92 Å². The number of rotatable bonds is 8. The zero-order valence-electron chi connectivity index (χ0n) is 18.3. The van der Waals surface area contributed by atoms with Gasteiger partial charge < -0.3 is 29.4 Å². The molecule has 2 aliphatic rings. The maximum atomic E-state index is 13.4. The van der Waals surface area contributed by atoms with E-state index in [1.807, 2.05) is 13.8 Å². The highest BCUT2D eigenvalue weighted by atomic mass is 35.5. The van der Waals surface area contributed by atoms with Crippen molar-refractivity contribution < 1.29 is 33.6 Å². The van der Waals surface area contributed by atoms with Crippen molar-refractivity contribution in [2.75, 3.05) is 27.4 Å². The number of nitrogens with one attached hydrogen (secondary N) is 1. The molecule has 0 saturated carbocycles. The molecule has 2 N–H and O–H groups in total. The van der Waals surface area contributed by atoms with Crippen molar-refractivity contribution in [1.29, 1.82) is 0 Å². The van der Waals surface area contributed by atoms with Crippen LogP contribution in [-0.2, 0) is 9.53 Å². The molecule has 0 unspecified atom stereocenters. The Balaban J connectivity index is 1.84. The third-order valence-corrected chi connectivity index (χ3v) is 5.85. The summed E-state index contributed by atoms with van der Waals surface area (Å²) in [4.78, 5) is 26.6. The van der Waals surface area contributed by atoms with Crippen LogP contribution in [0.15, 0.2) is 17.8 Å². The molecule has 0 radical (unpaired) electrons. The van der Waals surface area contributed by atoms with E-state index in [0.717, 1.165) is 0 Å². The zero-order valence-corrected chi connectivity index (χ0v) is 19.0. The number of aliphatic hydroxyl groups excluding tert-OH is 1. The second-order valence-electron chi connectivity index (χ2n) is 8.02. The maximum absolute atomic E-state index is 13.4. The molecule has 0 aromatic heterocycles. The third-order valence-electron chi connectivity index (χ3n) is 5.50. The Morgan fingerprint density at radius 2 is 1.97 bits per heavy atom. The molecule has 0 fully saturated rings. The summed E-state index contributed by atoms with van der Waals surface area (Å²) in [6, 6.07) is 1.50. The molecule has 0 amide bonds. The first-order valence-electron chi connectivity index (χ1n) is 10.1. The summed E-state index contributed by atoms with van der Waals surface area (Å²) in [6.07, 6.45) is 1.02. The van der Waals surface area contributed by atoms with Gasteiger partial charge in [-0.2, -0.15) is 0 Å². The van der Waals surface area contributed by atoms with Crippen LogP contribution in [0.3, 0.4) is 0 Å². The number of hydrogen-bond acceptors (Lipinski definition) is 8. The topological polar surface area (TPSA) is 103 Å². The van der Waals surface area contributed by atoms with E-state index in [0.29, 0.717) is 12.1 Å². The highest BCUT2D eigenvalue weighted by Gasteiger charge is 2.60. The minimum Gasteiger partial charge on any atom is -0.496 e. The Morgan fingerprint density at radius 1 is 1.29 bits per heavy atom. The molecule has 1 aliphatic carbocycles. The van der Waals surface area contributed by atoms with Gasteiger partial charge in [0, 0.05) is 30.3 Å². The van der Waals surface area contributed by atoms with Crippen molar-refractivity contribution in [3.63, 3.8) is 0 Å². The van der Waals surface area contributed by atoms with Gasteiger partial charge in [-0.1, -0.05) is 18.5 Å². The smallest absolute Gasteiger partial charge is 0.236 e. The fourth-order valence-corrected chi connectivity index (χ4v) is 4.13. The Hall–Kier alpha value is -2.29. The van der Waals surface area contributed by atoms with Crippen molar-refractivity contribution in [2.45, 2.75) is 45.0 Å². The lowest BCUT2D eigenvalue weighted by Gasteiger charge is -2.35. The number of benzene rings is 1. The van der Waals surface area contributed by atoms with Gasteiger partial charge in [-0.05, 0) is 20.3 Å². The van der Waals surface area contributed by atoms with Crippen LogP contribution in [0.2, 0.25) is 5.02 Å². The quantitative estimate of drug-likeness (QED) is 0.579. The number of hydrogen-bond donors (Lipinski definition) is 2. The number of Topliss-reactive ketones (excluding diaryl/α,β-unsaturated/α-hetero) is 1. The van der Waals surface area contributed by atoms with Crippen molar-refractivity contribution >= 4 is 23.2 Å². The highest BCUT2D eigenvalue weighted by Crippen LogP contribution is 2.52. The van der Waals surface area contributed by atoms with Gasteiger partial charge in [0.25, 0.3) is 0 Å². The monoisotopic (exact) mass is 453 g/mol. The number of carbonyl (C=O) groups excluding carboxylic acids is 2. The van der Waals surface area contributed by atoms with Crippen LogP contribution in [0.5, 0.6) is 17.2 Å². The maximum Gasteiger partial charge on any atom is 0.236 e. The summed E-state index contributed by atoms with van der Waals surface area (Å²) >= 11 is 6.38. The molecule has 3 rings (SSSR count). The van der Waals surface area contributed by atoms with E-state index in [2.05, 4.69) is 5.32 Å². The number of halogens is 1. The Labute approximate surface area is 186 Å². The second-order valence-corrected chi connectivity index (χ2v) is 8.40. The first-order chi connectivity index (χ1) is 14.6. The summed E-state index contributed by atoms with van der Waals surface area (Å²) < 4.78 is 22.0. The summed E-state index contributed by atoms with van der Waals surface area (Å²) in [7, 11) is 2.86. The minimum atomic E-state index is -1.71. The van der Waals surface area contributed by atoms with E-state index >= 15 is 0 Å². The average Bonchev–Trinajstić information content (AvgIpc) is 3.04. The first-order valence-corrected chi connectivity index (χ1v) is 10.5. The summed E-state index contributed by atoms with van der Waals surface area (Å²) in [5.74, 6) is -0.841. The van der Waals surface area contributed by atoms with E-state index in [9.17, 15) is 14.7 Å². The molecule has 1 aromatic carbocycles. The Bertz CT molecular complexity index is 914. The molecule has 1 aromatic rings. The fourth-order valence-electron chi connectivity index (χ4n) is 3.86. The minimum absolute atomic E-state index is 0.0135. The number of fused-ring (bicyclic) bond motifs is 1. The van der Waals surface area contributed by atoms with Crippen LogP contribution >= 0.6 is 11.6 Å². The van der Waals surface area contributed by atoms with Crippen molar-refractivity contribution in [3.05, 3.63) is 28.4 Å². The fraction of sp³-hybridized carbons (Fsp3) is 0.545. The van der Waals surface area contributed by atoms with E-state index in [-0.39, 0.29) is 47.1 Å². The van der Waals surface area contributed by atoms with E-state index in [4.69, 9.17) is 30.5 Å². The molecule has 31 heavy (non-hydrogen) atoms. The lowest BCUT2D eigenvalue weighted by molar-refractivity contribution is -0.129. The van der Waals surface area contributed by atoms with E-state index in [1.165, 1.54) is 26.4 Å². The number of ether oxygens (including phenoxy) is 4. The molecule has 0 saturated heterocycles. The number of aliphatic hydroxyl groups is 1. The largest absolute Gasteiger partial charge is 0.496 e. The summed E-state index contributed by atoms with van der Waals surface area (Å²) in [5, 5.41) is 13.2. The predicted molar refractivity (Wildman–Crippen MR) is 114 cm³/mol. The van der Waals surface area contributed by atoms with Crippen LogP contribution in [0.1, 0.15) is 37.6 Å². The Kier molecular flexibility index (Phi) is 6.83.